The SMILES string of the molecule is CCOC(=O)C(C)Oc1cc(Br)c(-c2c(C#N)c(N)[nH]c(=O)c2C#N)cc1OC. The molecule has 1 unspecified atom stereocenters. The van der Waals surface area contributed by atoms with E-state index in [0.29, 0.717) is 10.0 Å². The minimum absolute atomic E-state index is 0.0579. The van der Waals surface area contributed by atoms with Gasteiger partial charge in [0.25, 0.3) is 5.56 Å². The predicted octanol–water partition coefficient (Wildman–Crippen LogP) is 2.47. The van der Waals surface area contributed by atoms with Crippen LogP contribution in [-0.4, -0.2) is 30.8 Å². The number of carbonyl (C=O) groups is 1. The average Bonchev–Trinajstić information content (AvgIpc) is 2.68. The molecular weight excluding hydrogens is 444 g/mol. The molecule has 3 N–H and O–H groups in total. The summed E-state index contributed by atoms with van der Waals surface area (Å²) in [5, 5.41) is 18.9. The van der Waals surface area contributed by atoms with Gasteiger partial charge in [0.1, 0.15) is 29.1 Å². The second-order valence-corrected chi connectivity index (χ2v) is 6.57. The number of nitrogens with zero attached hydrogens (tertiary/aromatic N) is 2. The fourth-order valence-electron chi connectivity index (χ4n) is 2.59. The molecular formula is C19H17BrN4O5. The van der Waals surface area contributed by atoms with Crippen LogP contribution in [0.3, 0.4) is 0 Å². The Morgan fingerprint density at radius 2 is 1.93 bits per heavy atom. The highest BCUT2D eigenvalue weighted by Crippen LogP contribution is 2.41. The number of nitriles is 2. The molecule has 0 aliphatic rings. The van der Waals surface area contributed by atoms with Crippen molar-refractivity contribution < 1.29 is 19.0 Å². The number of hydrogen-bond donors (Lipinski definition) is 2. The first-order chi connectivity index (χ1) is 13.8. The van der Waals surface area contributed by atoms with E-state index in [1.54, 1.807) is 13.0 Å². The molecule has 0 aliphatic heterocycles. The molecule has 0 aliphatic carbocycles. The number of nitrogens with one attached hydrogen (secondary N) is 1. The number of methoxy groups -OCH3 is 1. The van der Waals surface area contributed by atoms with Gasteiger partial charge in [-0.15, -0.1) is 0 Å². The summed E-state index contributed by atoms with van der Waals surface area (Å²) in [5.74, 6) is -0.270. The molecule has 150 valence electrons. The highest BCUT2D eigenvalue weighted by Gasteiger charge is 2.24. The number of benzene rings is 1. The monoisotopic (exact) mass is 460 g/mol. The van der Waals surface area contributed by atoms with E-state index in [2.05, 4.69) is 20.9 Å². The van der Waals surface area contributed by atoms with E-state index in [1.807, 2.05) is 6.07 Å². The lowest BCUT2D eigenvalue weighted by Gasteiger charge is -2.18. The quantitative estimate of drug-likeness (QED) is 0.623. The topological polar surface area (TPSA) is 151 Å². The number of carbonyl (C=O) groups excluding carboxylic acids is 1. The van der Waals surface area contributed by atoms with Crippen LogP contribution in [0, 0.1) is 22.7 Å². The highest BCUT2D eigenvalue weighted by molar-refractivity contribution is 9.10. The van der Waals surface area contributed by atoms with Gasteiger partial charge in [0.15, 0.2) is 17.6 Å². The first-order valence-electron chi connectivity index (χ1n) is 8.36. The number of pyridine rings is 1. The van der Waals surface area contributed by atoms with Crippen LogP contribution in [0.25, 0.3) is 11.1 Å². The van der Waals surface area contributed by atoms with Gasteiger partial charge < -0.3 is 24.9 Å². The van der Waals surface area contributed by atoms with Gasteiger partial charge in [-0.2, -0.15) is 10.5 Å². The van der Waals surface area contributed by atoms with Crippen LogP contribution < -0.4 is 20.8 Å². The first-order valence-corrected chi connectivity index (χ1v) is 9.15. The minimum atomic E-state index is -0.902. The van der Waals surface area contributed by atoms with E-state index in [0.717, 1.165) is 0 Å². The van der Waals surface area contributed by atoms with E-state index >= 15 is 0 Å². The van der Waals surface area contributed by atoms with E-state index in [-0.39, 0.29) is 40.6 Å². The van der Waals surface area contributed by atoms with Crippen molar-refractivity contribution in [2.24, 2.45) is 0 Å². The van der Waals surface area contributed by atoms with Crippen LogP contribution in [0.1, 0.15) is 25.0 Å². The second-order valence-electron chi connectivity index (χ2n) is 5.71. The third-order valence-electron chi connectivity index (χ3n) is 3.91. The fraction of sp³-hybridized carbons (Fsp3) is 0.263. The summed E-state index contributed by atoms with van der Waals surface area (Å²) < 4.78 is 16.3. The molecule has 0 saturated carbocycles. The lowest BCUT2D eigenvalue weighted by molar-refractivity contribution is -0.150. The molecule has 29 heavy (non-hydrogen) atoms. The maximum Gasteiger partial charge on any atom is 0.347 e. The lowest BCUT2D eigenvalue weighted by Crippen LogP contribution is -2.26. The van der Waals surface area contributed by atoms with E-state index in [1.165, 1.54) is 26.2 Å². The van der Waals surface area contributed by atoms with Crippen LogP contribution in [-0.2, 0) is 9.53 Å². The molecule has 0 amide bonds. The molecule has 0 fully saturated rings. The summed E-state index contributed by atoms with van der Waals surface area (Å²) in [4.78, 5) is 26.3. The number of aromatic nitrogens is 1. The zero-order chi connectivity index (χ0) is 21.7. The van der Waals surface area contributed by atoms with Crippen LogP contribution in [0.5, 0.6) is 11.5 Å². The van der Waals surface area contributed by atoms with Gasteiger partial charge in [-0.05, 0) is 26.0 Å². The van der Waals surface area contributed by atoms with Gasteiger partial charge in [-0.3, -0.25) is 4.79 Å². The molecule has 10 heteroatoms. The first kappa shape index (κ1) is 21.8. The van der Waals surface area contributed by atoms with Crippen molar-refractivity contribution in [1.82, 2.24) is 4.98 Å². The number of anilines is 1. The Labute approximate surface area is 174 Å². The number of nitrogen functional groups attached to an aromatic ring is 1. The minimum Gasteiger partial charge on any atom is -0.493 e. The van der Waals surface area contributed by atoms with Crippen LogP contribution in [0.2, 0.25) is 0 Å². The Balaban J connectivity index is 2.67. The summed E-state index contributed by atoms with van der Waals surface area (Å²) in [6.45, 7) is 3.42. The zero-order valence-corrected chi connectivity index (χ0v) is 17.4. The normalized spacial score (nSPS) is 11.1. The van der Waals surface area contributed by atoms with E-state index in [4.69, 9.17) is 19.9 Å². The van der Waals surface area contributed by atoms with Gasteiger partial charge in [0.05, 0.1) is 13.7 Å². The number of nitrogens with two attached hydrogens (primary N) is 1. The Hall–Kier alpha value is -3.50. The number of rotatable bonds is 6. The summed E-state index contributed by atoms with van der Waals surface area (Å²) in [5.41, 5.74) is 5.10. The Bertz CT molecular complexity index is 1100. The van der Waals surface area contributed by atoms with E-state index < -0.39 is 17.6 Å². The Morgan fingerprint density at radius 3 is 2.48 bits per heavy atom. The van der Waals surface area contributed by atoms with Crippen molar-refractivity contribution in [2.45, 2.75) is 20.0 Å². The predicted molar refractivity (Wildman–Crippen MR) is 107 cm³/mol. The summed E-state index contributed by atoms with van der Waals surface area (Å²) in [6.07, 6.45) is -0.902. The number of H-pyrrole nitrogens is 1. The lowest BCUT2D eigenvalue weighted by atomic mass is 9.96. The number of halogens is 1. The molecule has 0 bridgehead atoms. The molecule has 1 aromatic carbocycles. The molecule has 0 radical (unpaired) electrons. The van der Waals surface area contributed by atoms with Crippen molar-refractivity contribution in [3.05, 3.63) is 38.1 Å². The van der Waals surface area contributed by atoms with Crippen molar-refractivity contribution in [3.8, 4) is 34.8 Å². The van der Waals surface area contributed by atoms with Crippen LogP contribution in [0.4, 0.5) is 5.82 Å². The average molecular weight is 461 g/mol. The Kier molecular flexibility index (Phi) is 6.86. The molecule has 9 nitrogen and oxygen atoms in total. The summed E-state index contributed by atoms with van der Waals surface area (Å²) in [7, 11) is 1.39. The number of ether oxygens (including phenoxy) is 3. The van der Waals surface area contributed by atoms with Gasteiger partial charge in [-0.25, -0.2) is 4.79 Å². The standard InChI is InChI=1S/C19H17BrN4O5/c1-4-28-19(26)9(2)29-15-6-13(20)10(5-14(15)27-3)16-11(7-21)17(23)24-18(25)12(16)8-22/h5-6,9H,4H2,1-3H3,(H3,23,24,25). The molecule has 1 atom stereocenters. The molecule has 0 saturated heterocycles. The highest BCUT2D eigenvalue weighted by atomic mass is 79.9. The maximum atomic E-state index is 12.2. The maximum absolute atomic E-state index is 12.2. The Morgan fingerprint density at radius 1 is 1.28 bits per heavy atom. The van der Waals surface area contributed by atoms with Crippen LogP contribution >= 0.6 is 15.9 Å². The number of esters is 1. The van der Waals surface area contributed by atoms with Crippen molar-refractivity contribution in [3.63, 3.8) is 0 Å². The smallest absolute Gasteiger partial charge is 0.347 e. The van der Waals surface area contributed by atoms with Crippen molar-refractivity contribution in [1.29, 1.82) is 10.5 Å². The van der Waals surface area contributed by atoms with E-state index in [9.17, 15) is 20.1 Å². The molecule has 2 rings (SSSR count). The summed E-state index contributed by atoms with van der Waals surface area (Å²) >= 11 is 3.36. The number of aromatic amines is 1. The van der Waals surface area contributed by atoms with Crippen molar-refractivity contribution >= 4 is 27.7 Å². The van der Waals surface area contributed by atoms with Gasteiger partial charge in [0, 0.05) is 15.6 Å². The third kappa shape index (κ3) is 4.33. The molecule has 1 heterocycles. The zero-order valence-electron chi connectivity index (χ0n) is 15.8. The van der Waals surface area contributed by atoms with Crippen molar-refractivity contribution in [2.75, 3.05) is 19.5 Å². The van der Waals surface area contributed by atoms with Gasteiger partial charge in [-0.1, -0.05) is 15.9 Å². The third-order valence-corrected chi connectivity index (χ3v) is 4.57. The van der Waals surface area contributed by atoms with Gasteiger partial charge in [0.2, 0.25) is 0 Å². The number of hydrogen-bond acceptors (Lipinski definition) is 8. The summed E-state index contributed by atoms with van der Waals surface area (Å²) in [6, 6.07) is 6.69. The molecule has 0 spiro atoms. The fourth-order valence-corrected chi connectivity index (χ4v) is 3.11. The second kappa shape index (κ2) is 9.13. The van der Waals surface area contributed by atoms with Gasteiger partial charge >= 0.3 is 5.97 Å². The molecule has 2 aromatic rings. The largest absolute Gasteiger partial charge is 0.493 e. The molecule has 1 aromatic heterocycles. The van der Waals surface area contributed by atoms with Crippen LogP contribution in [0.15, 0.2) is 21.4 Å².